The molecule has 1 saturated heterocycles. The van der Waals surface area contributed by atoms with Crippen molar-refractivity contribution in [1.29, 1.82) is 0 Å². The van der Waals surface area contributed by atoms with Gasteiger partial charge in [-0.2, -0.15) is 0 Å². The highest BCUT2D eigenvalue weighted by molar-refractivity contribution is 8.14. The second-order valence-corrected chi connectivity index (χ2v) is 7.52. The minimum Gasteiger partial charge on any atom is -0.359 e. The molecule has 1 spiro atoms. The van der Waals surface area contributed by atoms with Gasteiger partial charge in [-0.15, -0.1) is 0 Å². The van der Waals surface area contributed by atoms with E-state index in [0.29, 0.717) is 11.6 Å². The summed E-state index contributed by atoms with van der Waals surface area (Å²) in [7, 11) is 0. The molecule has 0 bridgehead atoms. The zero-order chi connectivity index (χ0) is 11.9. The summed E-state index contributed by atoms with van der Waals surface area (Å²) in [6, 6.07) is 0.621. The fourth-order valence-corrected chi connectivity index (χ4v) is 4.87. The van der Waals surface area contributed by atoms with Crippen LogP contribution >= 0.6 is 11.8 Å². The number of amidine groups is 1. The fourth-order valence-electron chi connectivity index (χ4n) is 3.61. The van der Waals surface area contributed by atoms with Crippen LogP contribution in [-0.2, 0) is 0 Å². The molecular weight excluding hydrogens is 228 g/mol. The highest BCUT2D eigenvalue weighted by atomic mass is 32.2. The van der Waals surface area contributed by atoms with E-state index in [9.17, 15) is 0 Å². The number of rotatable bonds is 1. The number of thioether (sulfide) groups is 1. The Bertz CT molecular complexity index is 322. The molecule has 3 heteroatoms. The molecule has 1 aliphatic heterocycles. The van der Waals surface area contributed by atoms with Crippen LogP contribution in [0.15, 0.2) is 4.99 Å². The van der Waals surface area contributed by atoms with Crippen LogP contribution < -0.4 is 5.32 Å². The molecule has 1 N–H and O–H groups in total. The molecule has 0 aromatic rings. The molecule has 3 aliphatic rings. The molecule has 2 nitrogen and oxygen atoms in total. The summed E-state index contributed by atoms with van der Waals surface area (Å²) in [5.74, 6) is 3.04. The Morgan fingerprint density at radius 1 is 1.29 bits per heavy atom. The van der Waals surface area contributed by atoms with Crippen LogP contribution in [0.4, 0.5) is 0 Å². The van der Waals surface area contributed by atoms with Crippen molar-refractivity contribution in [1.82, 2.24) is 5.32 Å². The minimum atomic E-state index is 0.399. The average molecular weight is 252 g/mol. The van der Waals surface area contributed by atoms with Gasteiger partial charge in [-0.1, -0.05) is 38.5 Å². The zero-order valence-corrected chi connectivity index (χ0v) is 11.9. The Kier molecular flexibility index (Phi) is 3.14. The molecule has 17 heavy (non-hydrogen) atoms. The van der Waals surface area contributed by atoms with Crippen LogP contribution in [0.5, 0.6) is 0 Å². The standard InChI is InChI=1S/C14H24N2S/c1-10-4-3-5-14(8-10)9-17-13(16-14)15-12-6-11(2)7-12/h10-12H,3-9H2,1-2H3,(H,15,16). The van der Waals surface area contributed by atoms with Crippen LogP contribution in [0, 0.1) is 11.8 Å². The van der Waals surface area contributed by atoms with E-state index in [0.717, 1.165) is 11.8 Å². The first-order valence-corrected chi connectivity index (χ1v) is 8.13. The van der Waals surface area contributed by atoms with Gasteiger partial charge in [0, 0.05) is 11.3 Å². The summed E-state index contributed by atoms with van der Waals surface area (Å²) in [6.45, 7) is 4.73. The van der Waals surface area contributed by atoms with Crippen molar-refractivity contribution in [2.45, 2.75) is 64.0 Å². The maximum atomic E-state index is 4.87. The monoisotopic (exact) mass is 252 g/mol. The SMILES string of the molecule is CC1CC(N=C2NC3(CCCC(C)C3)CS2)C1. The second-order valence-electron chi connectivity index (χ2n) is 6.56. The van der Waals surface area contributed by atoms with Gasteiger partial charge < -0.3 is 5.32 Å². The third kappa shape index (κ3) is 2.49. The first-order chi connectivity index (χ1) is 8.15. The van der Waals surface area contributed by atoms with Crippen LogP contribution in [0.3, 0.4) is 0 Å². The lowest BCUT2D eigenvalue weighted by molar-refractivity contribution is 0.241. The normalized spacial score (nSPS) is 48.1. The summed E-state index contributed by atoms with van der Waals surface area (Å²) >= 11 is 1.97. The molecule has 1 heterocycles. The lowest BCUT2D eigenvalue weighted by Crippen LogP contribution is -2.47. The van der Waals surface area contributed by atoms with Gasteiger partial charge in [0.2, 0.25) is 0 Å². The fraction of sp³-hybridized carbons (Fsp3) is 0.929. The van der Waals surface area contributed by atoms with Gasteiger partial charge in [0.1, 0.15) is 0 Å². The predicted octanol–water partition coefficient (Wildman–Crippen LogP) is 3.43. The summed E-state index contributed by atoms with van der Waals surface area (Å²) in [4.78, 5) is 4.87. The van der Waals surface area contributed by atoms with Crippen LogP contribution in [0.2, 0.25) is 0 Å². The molecule has 2 unspecified atom stereocenters. The molecule has 0 aromatic carbocycles. The molecule has 2 atom stereocenters. The maximum Gasteiger partial charge on any atom is 0.157 e. The van der Waals surface area contributed by atoms with Crippen molar-refractivity contribution < 1.29 is 0 Å². The first-order valence-electron chi connectivity index (χ1n) is 7.14. The summed E-state index contributed by atoms with van der Waals surface area (Å²) in [5.41, 5.74) is 0.399. The smallest absolute Gasteiger partial charge is 0.157 e. The molecule has 0 radical (unpaired) electrons. The van der Waals surface area contributed by atoms with Gasteiger partial charge in [0.05, 0.1) is 6.04 Å². The topological polar surface area (TPSA) is 24.4 Å². The molecule has 0 aromatic heterocycles. The van der Waals surface area contributed by atoms with Crippen molar-refractivity contribution in [2.24, 2.45) is 16.8 Å². The Labute approximate surface area is 109 Å². The van der Waals surface area contributed by atoms with Crippen LogP contribution in [0.25, 0.3) is 0 Å². The molecule has 3 fully saturated rings. The van der Waals surface area contributed by atoms with Crippen LogP contribution in [-0.4, -0.2) is 22.5 Å². The van der Waals surface area contributed by atoms with Gasteiger partial charge >= 0.3 is 0 Å². The van der Waals surface area contributed by atoms with Crippen molar-refractivity contribution in [3.05, 3.63) is 0 Å². The van der Waals surface area contributed by atoms with Gasteiger partial charge in [-0.25, -0.2) is 0 Å². The molecule has 0 amide bonds. The molecule has 96 valence electrons. The predicted molar refractivity (Wildman–Crippen MR) is 75.6 cm³/mol. The van der Waals surface area contributed by atoms with E-state index in [1.165, 1.54) is 49.4 Å². The van der Waals surface area contributed by atoms with E-state index in [4.69, 9.17) is 4.99 Å². The van der Waals surface area contributed by atoms with Gasteiger partial charge in [0.15, 0.2) is 5.17 Å². The Morgan fingerprint density at radius 3 is 2.82 bits per heavy atom. The largest absolute Gasteiger partial charge is 0.359 e. The quantitative estimate of drug-likeness (QED) is 0.773. The summed E-state index contributed by atoms with van der Waals surface area (Å²) < 4.78 is 0. The highest BCUT2D eigenvalue weighted by Gasteiger charge is 2.40. The maximum absolute atomic E-state index is 4.87. The molecule has 2 saturated carbocycles. The Morgan fingerprint density at radius 2 is 2.12 bits per heavy atom. The average Bonchev–Trinajstić information content (AvgIpc) is 2.59. The number of nitrogens with zero attached hydrogens (tertiary/aromatic N) is 1. The van der Waals surface area contributed by atoms with E-state index in [-0.39, 0.29) is 0 Å². The van der Waals surface area contributed by atoms with Crippen molar-refractivity contribution in [3.63, 3.8) is 0 Å². The minimum absolute atomic E-state index is 0.399. The van der Waals surface area contributed by atoms with Gasteiger partial charge in [-0.3, -0.25) is 4.99 Å². The van der Waals surface area contributed by atoms with E-state index >= 15 is 0 Å². The third-order valence-corrected chi connectivity index (χ3v) is 5.78. The number of aliphatic imine (C=N–C) groups is 1. The van der Waals surface area contributed by atoms with E-state index in [2.05, 4.69) is 19.2 Å². The van der Waals surface area contributed by atoms with E-state index in [1.54, 1.807) is 0 Å². The van der Waals surface area contributed by atoms with Crippen molar-refractivity contribution >= 4 is 16.9 Å². The van der Waals surface area contributed by atoms with Crippen molar-refractivity contribution in [3.8, 4) is 0 Å². The van der Waals surface area contributed by atoms with Gasteiger partial charge in [0.25, 0.3) is 0 Å². The van der Waals surface area contributed by atoms with Gasteiger partial charge in [-0.05, 0) is 37.5 Å². The van der Waals surface area contributed by atoms with E-state index in [1.807, 2.05) is 11.8 Å². The molecule has 3 rings (SSSR count). The molecule has 2 aliphatic carbocycles. The van der Waals surface area contributed by atoms with E-state index < -0.39 is 0 Å². The third-order valence-electron chi connectivity index (χ3n) is 4.60. The number of nitrogens with one attached hydrogen (secondary N) is 1. The second kappa shape index (κ2) is 4.49. The first kappa shape index (κ1) is 11.9. The Balaban J connectivity index is 1.61. The summed E-state index contributed by atoms with van der Waals surface area (Å²) in [6.07, 6.45) is 8.11. The number of hydrogen-bond acceptors (Lipinski definition) is 2. The molecular formula is C14H24N2S. The van der Waals surface area contributed by atoms with Crippen molar-refractivity contribution in [2.75, 3.05) is 5.75 Å². The Hall–Kier alpha value is -0.180. The lowest BCUT2D eigenvalue weighted by atomic mass is 9.78. The number of hydrogen-bond donors (Lipinski definition) is 1. The van der Waals surface area contributed by atoms with Crippen LogP contribution in [0.1, 0.15) is 52.4 Å². The lowest BCUT2D eigenvalue weighted by Gasteiger charge is -2.36. The zero-order valence-electron chi connectivity index (χ0n) is 11.0. The highest BCUT2D eigenvalue weighted by Crippen LogP contribution is 2.39. The summed E-state index contributed by atoms with van der Waals surface area (Å²) in [5, 5.41) is 5.01.